The van der Waals surface area contributed by atoms with Crippen molar-refractivity contribution in [3.63, 3.8) is 0 Å². The van der Waals surface area contributed by atoms with Crippen LogP contribution in [-0.2, 0) is 4.79 Å². The van der Waals surface area contributed by atoms with Crippen LogP contribution in [0.15, 0.2) is 0 Å². The van der Waals surface area contributed by atoms with E-state index in [0.29, 0.717) is 5.78 Å². The minimum Gasteiger partial charge on any atom is -0.303 e. The number of Topliss-reactive ketones (excluding diaryl/α,β-unsaturated/α-hetero) is 1. The van der Waals surface area contributed by atoms with Crippen molar-refractivity contribution in [2.75, 3.05) is 19.6 Å². The number of hydrogen-bond acceptors (Lipinski definition) is 2. The van der Waals surface area contributed by atoms with Crippen molar-refractivity contribution in [1.29, 1.82) is 0 Å². The minimum atomic E-state index is 0.326. The van der Waals surface area contributed by atoms with Gasteiger partial charge in [0.2, 0.25) is 0 Å². The van der Waals surface area contributed by atoms with Crippen molar-refractivity contribution in [2.24, 2.45) is 11.8 Å². The average molecular weight is 211 g/mol. The summed E-state index contributed by atoms with van der Waals surface area (Å²) in [6.07, 6.45) is 4.49. The molecule has 0 N–H and O–H groups in total. The van der Waals surface area contributed by atoms with Crippen LogP contribution in [0.25, 0.3) is 0 Å². The van der Waals surface area contributed by atoms with E-state index in [9.17, 15) is 4.79 Å². The molecular formula is C13H25NO. The predicted molar refractivity (Wildman–Crippen MR) is 63.9 cm³/mol. The van der Waals surface area contributed by atoms with Crippen molar-refractivity contribution in [3.05, 3.63) is 0 Å². The van der Waals surface area contributed by atoms with Gasteiger partial charge in [-0.25, -0.2) is 0 Å². The second-order valence-electron chi connectivity index (χ2n) is 5.23. The van der Waals surface area contributed by atoms with Gasteiger partial charge < -0.3 is 9.69 Å². The molecule has 88 valence electrons. The molecule has 0 amide bonds. The Kier molecular flexibility index (Phi) is 5.30. The van der Waals surface area contributed by atoms with E-state index in [-0.39, 0.29) is 0 Å². The molecule has 0 aromatic heterocycles. The number of carbonyl (C=O) groups excluding carboxylic acids is 1. The summed E-state index contributed by atoms with van der Waals surface area (Å²) in [5.74, 6) is 2.09. The summed E-state index contributed by atoms with van der Waals surface area (Å²) in [5.41, 5.74) is 0. The first kappa shape index (κ1) is 12.7. The van der Waals surface area contributed by atoms with E-state index in [2.05, 4.69) is 18.7 Å². The number of nitrogens with zero attached hydrogens (tertiary/aromatic N) is 1. The number of piperidine rings is 1. The van der Waals surface area contributed by atoms with Crippen LogP contribution in [0.2, 0.25) is 0 Å². The summed E-state index contributed by atoms with van der Waals surface area (Å²) in [4.78, 5) is 13.3. The second-order valence-corrected chi connectivity index (χ2v) is 5.23. The Balaban J connectivity index is 2.12. The van der Waals surface area contributed by atoms with E-state index >= 15 is 0 Å². The molecule has 0 saturated carbocycles. The molecule has 1 aliphatic rings. The van der Waals surface area contributed by atoms with E-state index < -0.39 is 0 Å². The molecule has 0 unspecified atom stereocenters. The molecule has 1 saturated heterocycles. The first-order valence-electron chi connectivity index (χ1n) is 6.31. The van der Waals surface area contributed by atoms with Crippen molar-refractivity contribution < 1.29 is 4.79 Å². The largest absolute Gasteiger partial charge is 0.303 e. The molecule has 2 heteroatoms. The lowest BCUT2D eigenvalue weighted by Gasteiger charge is -2.33. The number of ketones is 1. The van der Waals surface area contributed by atoms with Crippen LogP contribution >= 0.6 is 0 Å². The van der Waals surface area contributed by atoms with Crippen LogP contribution in [0, 0.1) is 11.8 Å². The molecule has 2 nitrogen and oxygen atoms in total. The van der Waals surface area contributed by atoms with Gasteiger partial charge in [0.1, 0.15) is 5.78 Å². The molecule has 0 aromatic carbocycles. The Morgan fingerprint density at radius 3 is 2.40 bits per heavy atom. The van der Waals surface area contributed by atoms with Gasteiger partial charge in [0.15, 0.2) is 0 Å². The smallest absolute Gasteiger partial charge is 0.129 e. The van der Waals surface area contributed by atoms with E-state index in [1.807, 2.05) is 0 Å². The van der Waals surface area contributed by atoms with Crippen molar-refractivity contribution in [2.45, 2.75) is 46.5 Å². The molecule has 0 bridgehead atoms. The molecule has 15 heavy (non-hydrogen) atoms. The maximum absolute atomic E-state index is 10.8. The summed E-state index contributed by atoms with van der Waals surface area (Å²) < 4.78 is 0. The topological polar surface area (TPSA) is 20.3 Å². The lowest BCUT2D eigenvalue weighted by atomic mass is 9.87. The third-order valence-electron chi connectivity index (χ3n) is 3.58. The highest BCUT2D eigenvalue weighted by Crippen LogP contribution is 2.24. The Hall–Kier alpha value is -0.370. The number of hydrogen-bond donors (Lipinski definition) is 0. The molecular weight excluding hydrogens is 186 g/mol. The summed E-state index contributed by atoms with van der Waals surface area (Å²) >= 11 is 0. The van der Waals surface area contributed by atoms with E-state index in [4.69, 9.17) is 0 Å². The molecule has 0 aromatic rings. The van der Waals surface area contributed by atoms with Crippen LogP contribution in [0.5, 0.6) is 0 Å². The zero-order chi connectivity index (χ0) is 11.3. The van der Waals surface area contributed by atoms with Crippen molar-refractivity contribution in [3.8, 4) is 0 Å². The molecule has 0 radical (unpaired) electrons. The highest BCUT2D eigenvalue weighted by Gasteiger charge is 2.20. The van der Waals surface area contributed by atoms with Gasteiger partial charge in [0, 0.05) is 6.42 Å². The molecule has 1 heterocycles. The van der Waals surface area contributed by atoms with Gasteiger partial charge in [-0.05, 0) is 57.7 Å². The Labute approximate surface area is 94.0 Å². The highest BCUT2D eigenvalue weighted by atomic mass is 16.1. The summed E-state index contributed by atoms with van der Waals surface area (Å²) in [7, 11) is 0. The average Bonchev–Trinajstić information content (AvgIpc) is 2.18. The van der Waals surface area contributed by atoms with Gasteiger partial charge in [-0.1, -0.05) is 13.8 Å². The third kappa shape index (κ3) is 4.78. The van der Waals surface area contributed by atoms with Crippen LogP contribution in [0.3, 0.4) is 0 Å². The first-order valence-corrected chi connectivity index (χ1v) is 6.31. The lowest BCUT2D eigenvalue weighted by Crippen LogP contribution is -2.35. The third-order valence-corrected chi connectivity index (χ3v) is 3.58. The summed E-state index contributed by atoms with van der Waals surface area (Å²) in [6, 6.07) is 0. The monoisotopic (exact) mass is 211 g/mol. The lowest BCUT2D eigenvalue weighted by molar-refractivity contribution is -0.117. The van der Waals surface area contributed by atoms with Crippen LogP contribution in [0.4, 0.5) is 0 Å². The van der Waals surface area contributed by atoms with E-state index in [1.165, 1.54) is 25.9 Å². The van der Waals surface area contributed by atoms with Crippen LogP contribution < -0.4 is 0 Å². The molecule has 0 aliphatic carbocycles. The standard InChI is InChI=1S/C13H25NO/c1-11(2)13-6-9-14(10-7-13)8-4-5-12(3)15/h11,13H,4-10H2,1-3H3. The number of carbonyl (C=O) groups is 1. The van der Waals surface area contributed by atoms with Crippen LogP contribution in [0.1, 0.15) is 46.5 Å². The summed E-state index contributed by atoms with van der Waals surface area (Å²) in [6.45, 7) is 9.93. The van der Waals surface area contributed by atoms with Gasteiger partial charge in [-0.2, -0.15) is 0 Å². The van der Waals surface area contributed by atoms with Gasteiger partial charge in [0.25, 0.3) is 0 Å². The van der Waals surface area contributed by atoms with Gasteiger partial charge in [0.05, 0.1) is 0 Å². The predicted octanol–water partition coefficient (Wildman–Crippen LogP) is 2.72. The highest BCUT2D eigenvalue weighted by molar-refractivity contribution is 5.75. The van der Waals surface area contributed by atoms with Gasteiger partial charge in [-0.15, -0.1) is 0 Å². The number of likely N-dealkylation sites (tertiary alicyclic amines) is 1. The van der Waals surface area contributed by atoms with Crippen molar-refractivity contribution in [1.82, 2.24) is 4.90 Å². The first-order chi connectivity index (χ1) is 7.09. The fraction of sp³-hybridized carbons (Fsp3) is 0.923. The van der Waals surface area contributed by atoms with Gasteiger partial charge >= 0.3 is 0 Å². The molecule has 0 spiro atoms. The normalized spacial score (nSPS) is 19.7. The maximum Gasteiger partial charge on any atom is 0.129 e. The maximum atomic E-state index is 10.8. The molecule has 0 atom stereocenters. The zero-order valence-electron chi connectivity index (χ0n) is 10.5. The Bertz CT molecular complexity index is 193. The second kappa shape index (κ2) is 6.26. The SMILES string of the molecule is CC(=O)CCCN1CCC(C(C)C)CC1. The molecule has 1 aliphatic heterocycles. The molecule has 1 rings (SSSR count). The number of rotatable bonds is 5. The Morgan fingerprint density at radius 1 is 1.33 bits per heavy atom. The minimum absolute atomic E-state index is 0.326. The quantitative estimate of drug-likeness (QED) is 0.697. The Morgan fingerprint density at radius 2 is 1.93 bits per heavy atom. The summed E-state index contributed by atoms with van der Waals surface area (Å²) in [5, 5.41) is 0. The fourth-order valence-electron chi connectivity index (χ4n) is 2.39. The molecule has 1 fully saturated rings. The van der Waals surface area contributed by atoms with Gasteiger partial charge in [-0.3, -0.25) is 0 Å². The zero-order valence-corrected chi connectivity index (χ0v) is 10.5. The van der Waals surface area contributed by atoms with Crippen LogP contribution in [-0.4, -0.2) is 30.3 Å². The van der Waals surface area contributed by atoms with E-state index in [0.717, 1.165) is 31.2 Å². The van der Waals surface area contributed by atoms with E-state index in [1.54, 1.807) is 6.92 Å². The van der Waals surface area contributed by atoms with Crippen molar-refractivity contribution >= 4 is 5.78 Å². The fourth-order valence-corrected chi connectivity index (χ4v) is 2.39.